The number of carbonyl (C=O) groups is 2. The molecule has 2 amide bonds. The maximum absolute atomic E-state index is 12.8. The zero-order valence-electron chi connectivity index (χ0n) is 14.3. The van der Waals surface area contributed by atoms with Crippen molar-refractivity contribution >= 4 is 17.5 Å². The minimum atomic E-state index is -0.363. The zero-order valence-corrected chi connectivity index (χ0v) is 14.3. The molecule has 0 spiro atoms. The first-order valence-corrected chi connectivity index (χ1v) is 8.68. The molecule has 1 saturated heterocycles. The van der Waals surface area contributed by atoms with Crippen molar-refractivity contribution in [3.63, 3.8) is 0 Å². The molecule has 0 N–H and O–H groups in total. The second kappa shape index (κ2) is 6.34. The van der Waals surface area contributed by atoms with Crippen LogP contribution >= 0.6 is 0 Å². The minimum Gasteiger partial charge on any atom is -0.329 e. The summed E-state index contributed by atoms with van der Waals surface area (Å²) in [5, 5.41) is 0. The van der Waals surface area contributed by atoms with Crippen LogP contribution in [0, 0.1) is 19.8 Å². The highest BCUT2D eigenvalue weighted by atomic mass is 16.2. The molecule has 1 aromatic carbocycles. The van der Waals surface area contributed by atoms with Gasteiger partial charge in [-0.05, 0) is 45.2 Å². The van der Waals surface area contributed by atoms with Gasteiger partial charge < -0.3 is 9.80 Å². The summed E-state index contributed by atoms with van der Waals surface area (Å²) < 4.78 is 0. The lowest BCUT2D eigenvalue weighted by Gasteiger charge is -2.40. The molecule has 1 heterocycles. The van der Waals surface area contributed by atoms with Crippen LogP contribution in [-0.2, 0) is 9.59 Å². The number of carbonyl (C=O) groups excluding carboxylic acids is 2. The predicted molar refractivity (Wildman–Crippen MR) is 91.4 cm³/mol. The third kappa shape index (κ3) is 2.99. The second-order valence-electron chi connectivity index (χ2n) is 6.97. The minimum absolute atomic E-state index is 0.0366. The van der Waals surface area contributed by atoms with Gasteiger partial charge in [-0.3, -0.25) is 9.59 Å². The van der Waals surface area contributed by atoms with Gasteiger partial charge in [0.2, 0.25) is 11.8 Å². The van der Waals surface area contributed by atoms with E-state index in [1.54, 1.807) is 4.90 Å². The van der Waals surface area contributed by atoms with Gasteiger partial charge in [-0.25, -0.2) is 0 Å². The van der Waals surface area contributed by atoms with Crippen LogP contribution in [0.3, 0.4) is 0 Å². The lowest BCUT2D eigenvalue weighted by atomic mass is 10.0. The smallest absolute Gasteiger partial charge is 0.249 e. The van der Waals surface area contributed by atoms with Crippen molar-refractivity contribution in [3.8, 4) is 0 Å². The second-order valence-corrected chi connectivity index (χ2v) is 6.97. The number of rotatable bonds is 2. The van der Waals surface area contributed by atoms with Crippen molar-refractivity contribution in [2.24, 2.45) is 5.92 Å². The van der Waals surface area contributed by atoms with Crippen molar-refractivity contribution in [2.45, 2.75) is 52.5 Å². The summed E-state index contributed by atoms with van der Waals surface area (Å²) in [5.41, 5.74) is 3.28. The molecule has 124 valence electrons. The molecule has 0 radical (unpaired) electrons. The number of anilines is 1. The highest BCUT2D eigenvalue weighted by Gasteiger charge is 2.38. The van der Waals surface area contributed by atoms with Gasteiger partial charge in [0.25, 0.3) is 0 Å². The molecule has 1 aromatic rings. The third-order valence-electron chi connectivity index (χ3n) is 5.29. The van der Waals surface area contributed by atoms with Gasteiger partial charge in [-0.2, -0.15) is 0 Å². The molecule has 23 heavy (non-hydrogen) atoms. The highest BCUT2D eigenvalue weighted by molar-refractivity contribution is 6.00. The fraction of sp³-hybridized carbons (Fsp3) is 0.579. The Hall–Kier alpha value is -1.84. The van der Waals surface area contributed by atoms with Crippen molar-refractivity contribution in [1.29, 1.82) is 0 Å². The predicted octanol–water partition coefficient (Wildman–Crippen LogP) is 3.06. The Bertz CT molecular complexity index is 620. The van der Waals surface area contributed by atoms with E-state index in [2.05, 4.69) is 13.0 Å². The van der Waals surface area contributed by atoms with E-state index in [-0.39, 0.29) is 23.8 Å². The Morgan fingerprint density at radius 3 is 2.48 bits per heavy atom. The van der Waals surface area contributed by atoms with Gasteiger partial charge in [0.15, 0.2) is 0 Å². The molecule has 4 nitrogen and oxygen atoms in total. The first-order chi connectivity index (χ1) is 11.0. The normalized spacial score (nSPS) is 22.7. The average Bonchev–Trinajstić information content (AvgIpc) is 3.04. The standard InChI is InChI=1S/C19H26N2O2/c1-13-8-9-17(14(2)12-13)21-11-10-20(15(3)18(21)22)19(23)16-6-4-5-7-16/h8-9,12,15-16H,4-7,10-11H2,1-3H3. The topological polar surface area (TPSA) is 40.6 Å². The van der Waals surface area contributed by atoms with Gasteiger partial charge >= 0.3 is 0 Å². The molecule has 2 aliphatic rings. The van der Waals surface area contributed by atoms with Crippen molar-refractivity contribution < 1.29 is 9.59 Å². The monoisotopic (exact) mass is 314 g/mol. The fourth-order valence-electron chi connectivity index (χ4n) is 3.93. The van der Waals surface area contributed by atoms with E-state index in [1.807, 2.05) is 30.9 Å². The van der Waals surface area contributed by atoms with Crippen LogP contribution in [0.15, 0.2) is 18.2 Å². The maximum atomic E-state index is 12.8. The van der Waals surface area contributed by atoms with Crippen LogP contribution < -0.4 is 4.90 Å². The molecule has 3 rings (SSSR count). The summed E-state index contributed by atoms with van der Waals surface area (Å²) in [4.78, 5) is 29.1. The van der Waals surface area contributed by atoms with Gasteiger partial charge in [0, 0.05) is 24.7 Å². The van der Waals surface area contributed by atoms with Crippen LogP contribution in [0.2, 0.25) is 0 Å². The molecule has 1 aliphatic heterocycles. The Morgan fingerprint density at radius 2 is 1.83 bits per heavy atom. The van der Waals surface area contributed by atoms with E-state index in [4.69, 9.17) is 0 Å². The first kappa shape index (κ1) is 16.0. The number of nitrogens with zero attached hydrogens (tertiary/aromatic N) is 2. The average molecular weight is 314 g/mol. The van der Waals surface area contributed by atoms with E-state index in [0.29, 0.717) is 13.1 Å². The lowest BCUT2D eigenvalue weighted by Crippen LogP contribution is -2.58. The molecular weight excluding hydrogens is 288 g/mol. The summed E-state index contributed by atoms with van der Waals surface area (Å²) in [6, 6.07) is 5.79. The summed E-state index contributed by atoms with van der Waals surface area (Å²) >= 11 is 0. The number of aryl methyl sites for hydroxylation is 2. The maximum Gasteiger partial charge on any atom is 0.249 e. The number of benzene rings is 1. The summed E-state index contributed by atoms with van der Waals surface area (Å²) in [7, 11) is 0. The van der Waals surface area contributed by atoms with Gasteiger partial charge in [0.05, 0.1) is 0 Å². The summed E-state index contributed by atoms with van der Waals surface area (Å²) in [5.74, 6) is 0.357. The molecule has 0 aromatic heterocycles. The van der Waals surface area contributed by atoms with Crippen molar-refractivity contribution in [2.75, 3.05) is 18.0 Å². The van der Waals surface area contributed by atoms with Crippen LogP contribution in [0.5, 0.6) is 0 Å². The zero-order chi connectivity index (χ0) is 16.6. The molecule has 1 aliphatic carbocycles. The molecule has 1 saturated carbocycles. The van der Waals surface area contributed by atoms with E-state index < -0.39 is 0 Å². The molecule has 2 fully saturated rings. The summed E-state index contributed by atoms with van der Waals surface area (Å²) in [6.45, 7) is 7.18. The van der Waals surface area contributed by atoms with Crippen molar-refractivity contribution in [1.82, 2.24) is 4.90 Å². The molecule has 0 bridgehead atoms. The fourth-order valence-corrected chi connectivity index (χ4v) is 3.93. The van der Waals surface area contributed by atoms with Crippen LogP contribution in [-0.4, -0.2) is 35.8 Å². The number of hydrogen-bond acceptors (Lipinski definition) is 2. The Balaban J connectivity index is 1.77. The van der Waals surface area contributed by atoms with Crippen LogP contribution in [0.4, 0.5) is 5.69 Å². The highest BCUT2D eigenvalue weighted by Crippen LogP contribution is 2.30. The summed E-state index contributed by atoms with van der Waals surface area (Å²) in [6.07, 6.45) is 4.25. The van der Waals surface area contributed by atoms with Crippen LogP contribution in [0.25, 0.3) is 0 Å². The Morgan fingerprint density at radius 1 is 1.13 bits per heavy atom. The largest absolute Gasteiger partial charge is 0.329 e. The molecular formula is C19H26N2O2. The van der Waals surface area contributed by atoms with E-state index in [0.717, 1.165) is 36.9 Å². The SMILES string of the molecule is Cc1ccc(N2CCN(C(=O)C3CCCC3)C(C)C2=O)c(C)c1. The first-order valence-electron chi connectivity index (χ1n) is 8.68. The number of piperazine rings is 1. The van der Waals surface area contributed by atoms with Gasteiger partial charge in [-0.15, -0.1) is 0 Å². The van der Waals surface area contributed by atoms with Gasteiger partial charge in [-0.1, -0.05) is 30.5 Å². The number of hydrogen-bond donors (Lipinski definition) is 0. The molecule has 4 heteroatoms. The third-order valence-corrected chi connectivity index (χ3v) is 5.29. The number of amides is 2. The molecule has 1 atom stereocenters. The van der Waals surface area contributed by atoms with E-state index >= 15 is 0 Å². The van der Waals surface area contributed by atoms with Gasteiger partial charge in [0.1, 0.15) is 6.04 Å². The van der Waals surface area contributed by atoms with E-state index in [1.165, 1.54) is 5.56 Å². The lowest BCUT2D eigenvalue weighted by molar-refractivity contribution is -0.143. The Labute approximate surface area is 138 Å². The van der Waals surface area contributed by atoms with E-state index in [9.17, 15) is 9.59 Å². The van der Waals surface area contributed by atoms with Crippen molar-refractivity contribution in [3.05, 3.63) is 29.3 Å². The quantitative estimate of drug-likeness (QED) is 0.842. The van der Waals surface area contributed by atoms with Crippen LogP contribution in [0.1, 0.15) is 43.7 Å². The Kier molecular flexibility index (Phi) is 4.42. The molecule has 1 unspecified atom stereocenters.